The molecule has 25 heavy (non-hydrogen) atoms. The molecule has 1 saturated heterocycles. The van der Waals surface area contributed by atoms with Crippen LogP contribution < -0.4 is 4.74 Å². The maximum Gasteiger partial charge on any atom is 0.255 e. The Morgan fingerprint density at radius 3 is 2.96 bits per heavy atom. The fraction of sp³-hybridized carbons (Fsp3) is 0.333. The summed E-state index contributed by atoms with van der Waals surface area (Å²) in [4.78, 5) is 18.9. The van der Waals surface area contributed by atoms with Crippen molar-refractivity contribution in [3.8, 4) is 5.75 Å². The van der Waals surface area contributed by atoms with Gasteiger partial charge in [-0.25, -0.2) is 0 Å². The van der Waals surface area contributed by atoms with Gasteiger partial charge in [-0.15, -0.1) is 0 Å². The molecule has 3 heterocycles. The summed E-state index contributed by atoms with van der Waals surface area (Å²) in [7, 11) is 0. The number of pyridine rings is 1. The average Bonchev–Trinajstić information content (AvgIpc) is 2.84. The van der Waals surface area contributed by atoms with Crippen LogP contribution in [0.5, 0.6) is 5.75 Å². The first-order valence-corrected chi connectivity index (χ1v) is 8.84. The van der Waals surface area contributed by atoms with Gasteiger partial charge >= 0.3 is 0 Å². The highest BCUT2D eigenvalue weighted by Crippen LogP contribution is 2.37. The lowest BCUT2D eigenvalue weighted by Gasteiger charge is -2.34. The number of carbonyl (C=O) groups excluding carboxylic acids is 1. The molecule has 1 amide bonds. The second-order valence-corrected chi connectivity index (χ2v) is 6.87. The molecule has 2 aliphatic heterocycles. The van der Waals surface area contributed by atoms with Gasteiger partial charge < -0.3 is 9.64 Å². The topological polar surface area (TPSA) is 42.4 Å². The molecule has 0 bridgehead atoms. The second-order valence-electron chi connectivity index (χ2n) is 6.87. The van der Waals surface area contributed by atoms with Crippen molar-refractivity contribution >= 4 is 12.0 Å². The number of benzene rings is 1. The van der Waals surface area contributed by atoms with E-state index in [9.17, 15) is 4.79 Å². The summed E-state index contributed by atoms with van der Waals surface area (Å²) in [6.07, 6.45) is 10.4. The van der Waals surface area contributed by atoms with Crippen molar-refractivity contribution in [2.75, 3.05) is 13.1 Å². The third-order valence-corrected chi connectivity index (χ3v) is 5.19. The lowest BCUT2D eigenvalue weighted by atomic mass is 9.91. The molecule has 1 aromatic heterocycles. The van der Waals surface area contributed by atoms with Gasteiger partial charge in [0.15, 0.2) is 0 Å². The number of rotatable bonds is 1. The van der Waals surface area contributed by atoms with Crippen LogP contribution in [0.3, 0.4) is 0 Å². The molecule has 2 aliphatic rings. The Morgan fingerprint density at radius 1 is 1.20 bits per heavy atom. The number of likely N-dealkylation sites (tertiary alicyclic amines) is 1. The first-order chi connectivity index (χ1) is 12.2. The molecule has 1 spiro atoms. The molecule has 1 aromatic carbocycles. The quantitative estimate of drug-likeness (QED) is 0.795. The predicted molar refractivity (Wildman–Crippen MR) is 97.6 cm³/mol. The van der Waals surface area contributed by atoms with Crippen LogP contribution >= 0.6 is 0 Å². The van der Waals surface area contributed by atoms with E-state index in [0.29, 0.717) is 12.1 Å². The highest BCUT2D eigenvalue weighted by Gasteiger charge is 2.36. The highest BCUT2D eigenvalue weighted by molar-refractivity contribution is 5.95. The van der Waals surface area contributed by atoms with Crippen LogP contribution in [0.1, 0.15) is 40.7 Å². The van der Waals surface area contributed by atoms with Crippen molar-refractivity contribution in [1.29, 1.82) is 0 Å². The van der Waals surface area contributed by atoms with E-state index in [1.807, 2.05) is 36.1 Å². The molecule has 2 aromatic rings. The van der Waals surface area contributed by atoms with Crippen LogP contribution in [0, 0.1) is 6.92 Å². The van der Waals surface area contributed by atoms with E-state index in [4.69, 9.17) is 4.74 Å². The van der Waals surface area contributed by atoms with Crippen molar-refractivity contribution in [3.63, 3.8) is 0 Å². The van der Waals surface area contributed by atoms with Crippen molar-refractivity contribution in [3.05, 3.63) is 65.5 Å². The fourth-order valence-electron chi connectivity index (χ4n) is 3.67. The maximum absolute atomic E-state index is 12.9. The van der Waals surface area contributed by atoms with Gasteiger partial charge in [-0.2, -0.15) is 0 Å². The Hall–Kier alpha value is -2.62. The molecule has 0 aliphatic carbocycles. The van der Waals surface area contributed by atoms with E-state index in [0.717, 1.165) is 42.7 Å². The van der Waals surface area contributed by atoms with E-state index in [1.54, 1.807) is 12.4 Å². The van der Waals surface area contributed by atoms with Crippen LogP contribution in [0.25, 0.3) is 6.08 Å². The van der Waals surface area contributed by atoms with Gasteiger partial charge in [-0.3, -0.25) is 9.78 Å². The van der Waals surface area contributed by atoms with Gasteiger partial charge in [0.25, 0.3) is 5.91 Å². The zero-order valence-corrected chi connectivity index (χ0v) is 14.4. The monoisotopic (exact) mass is 334 g/mol. The van der Waals surface area contributed by atoms with Crippen LogP contribution in [-0.4, -0.2) is 34.5 Å². The van der Waals surface area contributed by atoms with E-state index >= 15 is 0 Å². The summed E-state index contributed by atoms with van der Waals surface area (Å²) in [5.74, 6) is 1.01. The zero-order chi connectivity index (χ0) is 17.3. The van der Waals surface area contributed by atoms with Crippen molar-refractivity contribution in [1.82, 2.24) is 9.88 Å². The van der Waals surface area contributed by atoms with E-state index in [2.05, 4.69) is 23.2 Å². The summed E-state index contributed by atoms with van der Waals surface area (Å²) >= 11 is 0. The normalized spacial score (nSPS) is 22.2. The minimum absolute atomic E-state index is 0.0721. The van der Waals surface area contributed by atoms with Crippen molar-refractivity contribution in [2.24, 2.45) is 0 Å². The lowest BCUT2D eigenvalue weighted by molar-refractivity contribution is 0.0729. The van der Waals surface area contributed by atoms with Crippen LogP contribution in [-0.2, 0) is 0 Å². The molecule has 4 rings (SSSR count). The number of hydrogen-bond donors (Lipinski definition) is 0. The first kappa shape index (κ1) is 15.9. The predicted octanol–water partition coefficient (Wildman–Crippen LogP) is 3.86. The molecule has 4 heteroatoms. The Morgan fingerprint density at radius 2 is 2.08 bits per heavy atom. The number of fused-ring (bicyclic) bond motifs is 1. The van der Waals surface area contributed by atoms with E-state index in [-0.39, 0.29) is 11.5 Å². The Kier molecular flexibility index (Phi) is 4.04. The summed E-state index contributed by atoms with van der Waals surface area (Å²) < 4.78 is 6.36. The minimum Gasteiger partial charge on any atom is -0.483 e. The van der Waals surface area contributed by atoms with Crippen LogP contribution in [0.4, 0.5) is 0 Å². The summed E-state index contributed by atoms with van der Waals surface area (Å²) in [5.41, 5.74) is 2.50. The molecular formula is C21H22N2O2. The van der Waals surface area contributed by atoms with Crippen molar-refractivity contribution < 1.29 is 9.53 Å². The van der Waals surface area contributed by atoms with Gasteiger partial charge in [-0.1, -0.05) is 24.3 Å². The summed E-state index contributed by atoms with van der Waals surface area (Å²) in [6.45, 7) is 3.41. The largest absolute Gasteiger partial charge is 0.483 e. The molecule has 0 radical (unpaired) electrons. The van der Waals surface area contributed by atoms with Crippen LogP contribution in [0.2, 0.25) is 0 Å². The Balaban J connectivity index is 1.52. The zero-order valence-electron chi connectivity index (χ0n) is 14.4. The number of hydrogen-bond acceptors (Lipinski definition) is 3. The third-order valence-electron chi connectivity index (χ3n) is 5.19. The van der Waals surface area contributed by atoms with Gasteiger partial charge in [0.2, 0.25) is 0 Å². The molecule has 0 N–H and O–H groups in total. The molecule has 128 valence electrons. The number of aryl methyl sites for hydroxylation is 1. The van der Waals surface area contributed by atoms with Crippen molar-refractivity contribution in [2.45, 2.75) is 31.8 Å². The second kappa shape index (κ2) is 6.36. The number of carbonyl (C=O) groups is 1. The first-order valence-electron chi connectivity index (χ1n) is 8.84. The third kappa shape index (κ3) is 3.04. The van der Waals surface area contributed by atoms with Crippen LogP contribution in [0.15, 0.2) is 48.8 Å². The molecule has 1 atom stereocenters. The SMILES string of the molecule is Cc1ccncc1C(=O)N1CCC[C@]2(C=Cc3ccccc3O2)CC1. The number of aromatic nitrogens is 1. The van der Waals surface area contributed by atoms with Gasteiger partial charge in [-0.05, 0) is 43.5 Å². The molecule has 4 nitrogen and oxygen atoms in total. The molecule has 1 fully saturated rings. The van der Waals surface area contributed by atoms with E-state index in [1.165, 1.54) is 0 Å². The van der Waals surface area contributed by atoms with E-state index < -0.39 is 0 Å². The van der Waals surface area contributed by atoms with Gasteiger partial charge in [0.1, 0.15) is 11.4 Å². The highest BCUT2D eigenvalue weighted by atomic mass is 16.5. The fourth-order valence-corrected chi connectivity index (χ4v) is 3.67. The molecular weight excluding hydrogens is 312 g/mol. The lowest BCUT2D eigenvalue weighted by Crippen LogP contribution is -2.38. The maximum atomic E-state index is 12.9. The Labute approximate surface area is 148 Å². The number of ether oxygens (including phenoxy) is 1. The minimum atomic E-state index is -0.298. The summed E-state index contributed by atoms with van der Waals surface area (Å²) in [5, 5.41) is 0. The number of nitrogens with zero attached hydrogens (tertiary/aromatic N) is 2. The summed E-state index contributed by atoms with van der Waals surface area (Å²) in [6, 6.07) is 10.00. The van der Waals surface area contributed by atoms with Gasteiger partial charge in [0.05, 0.1) is 5.56 Å². The molecule has 0 unspecified atom stereocenters. The standard InChI is InChI=1S/C21H22N2O2/c1-16-8-12-22-15-18(16)20(24)23-13-4-9-21(11-14-23)10-7-17-5-2-3-6-19(17)25-21/h2-3,5-8,10,12,15H,4,9,11,13-14H2,1H3/t21-/m0/s1. The number of para-hydroxylation sites is 1. The average molecular weight is 334 g/mol. The molecule has 0 saturated carbocycles. The number of amides is 1. The smallest absolute Gasteiger partial charge is 0.255 e. The Bertz CT molecular complexity index is 830. The van der Waals surface area contributed by atoms with Gasteiger partial charge in [0, 0.05) is 37.5 Å².